The van der Waals surface area contributed by atoms with E-state index in [4.69, 9.17) is 19.4 Å². The zero-order valence-corrected chi connectivity index (χ0v) is 27.5. The molecule has 0 saturated carbocycles. The number of furan rings is 1. The lowest BCUT2D eigenvalue weighted by atomic mass is 9.96. The van der Waals surface area contributed by atoms with E-state index in [2.05, 4.69) is 140 Å². The van der Waals surface area contributed by atoms with E-state index in [1.165, 1.54) is 21.7 Å². The Morgan fingerprint density at radius 3 is 1.67 bits per heavy atom. The molecule has 0 aliphatic heterocycles. The number of benzene rings is 8. The summed E-state index contributed by atoms with van der Waals surface area (Å²) in [6.07, 6.45) is 0. The summed E-state index contributed by atoms with van der Waals surface area (Å²) < 4.78 is 6.64. The van der Waals surface area contributed by atoms with E-state index in [1.807, 2.05) is 36.4 Å². The molecule has 0 fully saturated rings. The standard InChI is InChI=1S/C47H29N3O/c1-3-13-31(14-4-1)40-27-37(29-43-44(40)41-26-33-18-7-8-19-34(33)28-42(41)51-43)47-49-45(32-16-5-2-6-17-32)48-46(50-47)36-22-11-21-35(25-36)39-24-12-20-30-15-9-10-23-38(30)39/h1-29H. The molecule has 10 rings (SSSR count). The summed E-state index contributed by atoms with van der Waals surface area (Å²) in [6, 6.07) is 61.0. The normalized spacial score (nSPS) is 11.5. The van der Waals surface area contributed by atoms with Crippen molar-refractivity contribution >= 4 is 43.5 Å². The molecule has 4 heteroatoms. The third-order valence-corrected chi connectivity index (χ3v) is 9.67. The maximum Gasteiger partial charge on any atom is 0.164 e. The molecule has 0 saturated heterocycles. The fourth-order valence-corrected chi connectivity index (χ4v) is 7.22. The molecule has 0 spiro atoms. The van der Waals surface area contributed by atoms with Crippen molar-refractivity contribution in [2.75, 3.05) is 0 Å². The Kier molecular flexibility index (Phi) is 6.78. The van der Waals surface area contributed by atoms with Gasteiger partial charge in [-0.3, -0.25) is 0 Å². The molecule has 4 nitrogen and oxygen atoms in total. The lowest BCUT2D eigenvalue weighted by molar-refractivity contribution is 0.669. The summed E-state index contributed by atoms with van der Waals surface area (Å²) in [5, 5.41) is 6.89. The molecule has 0 amide bonds. The van der Waals surface area contributed by atoms with E-state index in [-0.39, 0.29) is 0 Å². The number of fused-ring (bicyclic) bond motifs is 5. The molecule has 51 heavy (non-hydrogen) atoms. The molecular formula is C47H29N3O. The first kappa shape index (κ1) is 29.0. The van der Waals surface area contributed by atoms with E-state index < -0.39 is 0 Å². The SMILES string of the molecule is c1ccc(-c2nc(-c3cccc(-c4cccc5ccccc45)c3)nc(-c3cc(-c4ccccc4)c4c(c3)oc3cc5ccccc5cc34)n2)cc1. The van der Waals surface area contributed by atoms with Crippen LogP contribution in [0.25, 0.3) is 99.9 Å². The van der Waals surface area contributed by atoms with Gasteiger partial charge in [0.1, 0.15) is 11.2 Å². The Morgan fingerprint density at radius 1 is 0.314 bits per heavy atom. The quantitative estimate of drug-likeness (QED) is 0.186. The Labute approximate surface area is 294 Å². The second kappa shape index (κ2) is 11.9. The minimum absolute atomic E-state index is 0.583. The zero-order valence-electron chi connectivity index (χ0n) is 27.5. The molecule has 0 bridgehead atoms. The monoisotopic (exact) mass is 651 g/mol. The van der Waals surface area contributed by atoms with Crippen LogP contribution >= 0.6 is 0 Å². The average molecular weight is 652 g/mol. The van der Waals surface area contributed by atoms with E-state index in [0.717, 1.165) is 60.7 Å². The Hall–Kier alpha value is -6.91. The molecule has 0 radical (unpaired) electrons. The van der Waals surface area contributed by atoms with Crippen LogP contribution in [0.3, 0.4) is 0 Å². The van der Waals surface area contributed by atoms with Crippen LogP contribution in [-0.4, -0.2) is 15.0 Å². The van der Waals surface area contributed by atoms with Gasteiger partial charge in [0.25, 0.3) is 0 Å². The van der Waals surface area contributed by atoms with Crippen LogP contribution in [0.4, 0.5) is 0 Å². The number of aromatic nitrogens is 3. The van der Waals surface area contributed by atoms with Crippen molar-refractivity contribution in [3.05, 3.63) is 176 Å². The van der Waals surface area contributed by atoms with Gasteiger partial charge in [0, 0.05) is 27.5 Å². The maximum atomic E-state index is 6.64. The summed E-state index contributed by atoms with van der Waals surface area (Å²) in [6.45, 7) is 0. The zero-order chi connectivity index (χ0) is 33.7. The van der Waals surface area contributed by atoms with Crippen molar-refractivity contribution in [1.82, 2.24) is 15.0 Å². The predicted molar refractivity (Wildman–Crippen MR) is 209 cm³/mol. The highest BCUT2D eigenvalue weighted by atomic mass is 16.3. The van der Waals surface area contributed by atoms with Crippen LogP contribution < -0.4 is 0 Å². The van der Waals surface area contributed by atoms with Crippen LogP contribution in [0.2, 0.25) is 0 Å². The molecule has 0 aliphatic rings. The van der Waals surface area contributed by atoms with Gasteiger partial charge >= 0.3 is 0 Å². The van der Waals surface area contributed by atoms with Crippen LogP contribution in [0.5, 0.6) is 0 Å². The highest BCUT2D eigenvalue weighted by Gasteiger charge is 2.19. The van der Waals surface area contributed by atoms with E-state index in [0.29, 0.717) is 17.5 Å². The van der Waals surface area contributed by atoms with E-state index in [1.54, 1.807) is 0 Å². The fourth-order valence-electron chi connectivity index (χ4n) is 7.22. The summed E-state index contributed by atoms with van der Waals surface area (Å²) in [7, 11) is 0. The lowest BCUT2D eigenvalue weighted by Gasteiger charge is -2.12. The highest BCUT2D eigenvalue weighted by Crippen LogP contribution is 2.41. The van der Waals surface area contributed by atoms with Gasteiger partial charge in [-0.25, -0.2) is 15.0 Å². The van der Waals surface area contributed by atoms with Gasteiger partial charge in [-0.15, -0.1) is 0 Å². The van der Waals surface area contributed by atoms with Gasteiger partial charge in [-0.1, -0.05) is 146 Å². The lowest BCUT2D eigenvalue weighted by Crippen LogP contribution is -2.00. The first-order valence-electron chi connectivity index (χ1n) is 17.1. The highest BCUT2D eigenvalue weighted by molar-refractivity contribution is 6.16. The predicted octanol–water partition coefficient (Wildman–Crippen LogP) is 12.4. The van der Waals surface area contributed by atoms with Crippen LogP contribution in [0, 0.1) is 0 Å². The van der Waals surface area contributed by atoms with Crippen molar-refractivity contribution in [3.8, 4) is 56.4 Å². The van der Waals surface area contributed by atoms with E-state index in [9.17, 15) is 0 Å². The van der Waals surface area contributed by atoms with Crippen molar-refractivity contribution < 1.29 is 4.42 Å². The van der Waals surface area contributed by atoms with Crippen molar-refractivity contribution in [1.29, 1.82) is 0 Å². The van der Waals surface area contributed by atoms with Gasteiger partial charge in [-0.2, -0.15) is 0 Å². The molecule has 8 aromatic carbocycles. The van der Waals surface area contributed by atoms with Gasteiger partial charge in [0.2, 0.25) is 0 Å². The van der Waals surface area contributed by atoms with Crippen LogP contribution in [0.1, 0.15) is 0 Å². The second-order valence-electron chi connectivity index (χ2n) is 12.8. The molecule has 2 aromatic heterocycles. The molecule has 0 aliphatic carbocycles. The molecule has 238 valence electrons. The summed E-state index contributed by atoms with van der Waals surface area (Å²) in [5.41, 5.74) is 8.78. The van der Waals surface area contributed by atoms with Crippen molar-refractivity contribution in [2.24, 2.45) is 0 Å². The van der Waals surface area contributed by atoms with Crippen LogP contribution in [-0.2, 0) is 0 Å². The van der Waals surface area contributed by atoms with Crippen molar-refractivity contribution in [2.45, 2.75) is 0 Å². The Balaban J connectivity index is 1.20. The van der Waals surface area contributed by atoms with Gasteiger partial charge in [0.05, 0.1) is 0 Å². The molecule has 0 atom stereocenters. The molecule has 10 aromatic rings. The minimum Gasteiger partial charge on any atom is -0.456 e. The van der Waals surface area contributed by atoms with Gasteiger partial charge in [-0.05, 0) is 74.1 Å². The second-order valence-corrected chi connectivity index (χ2v) is 12.8. The third-order valence-electron chi connectivity index (χ3n) is 9.67. The van der Waals surface area contributed by atoms with Crippen LogP contribution in [0.15, 0.2) is 180 Å². The summed E-state index contributed by atoms with van der Waals surface area (Å²) >= 11 is 0. The maximum absolute atomic E-state index is 6.64. The number of hydrogen-bond donors (Lipinski definition) is 0. The van der Waals surface area contributed by atoms with Gasteiger partial charge in [0.15, 0.2) is 17.5 Å². The minimum atomic E-state index is 0.583. The Bertz CT molecular complexity index is 2910. The topological polar surface area (TPSA) is 51.8 Å². The first-order valence-corrected chi connectivity index (χ1v) is 17.1. The summed E-state index contributed by atoms with van der Waals surface area (Å²) in [5.74, 6) is 1.81. The largest absolute Gasteiger partial charge is 0.456 e. The first-order chi connectivity index (χ1) is 25.2. The molecular weight excluding hydrogens is 623 g/mol. The van der Waals surface area contributed by atoms with Gasteiger partial charge < -0.3 is 4.42 Å². The molecule has 0 N–H and O–H groups in total. The third kappa shape index (κ3) is 5.13. The smallest absolute Gasteiger partial charge is 0.164 e. The number of hydrogen-bond acceptors (Lipinski definition) is 4. The summed E-state index contributed by atoms with van der Waals surface area (Å²) in [4.78, 5) is 15.3. The number of rotatable bonds is 5. The number of nitrogens with zero attached hydrogens (tertiary/aromatic N) is 3. The fraction of sp³-hybridized carbons (Fsp3) is 0. The average Bonchev–Trinajstić information content (AvgIpc) is 3.57. The van der Waals surface area contributed by atoms with E-state index >= 15 is 0 Å². The molecule has 0 unspecified atom stereocenters. The Morgan fingerprint density at radius 2 is 0.882 bits per heavy atom. The van der Waals surface area contributed by atoms with Crippen molar-refractivity contribution in [3.63, 3.8) is 0 Å². The molecule has 2 heterocycles.